The number of imide groups is 1. The van der Waals surface area contributed by atoms with E-state index >= 15 is 0 Å². The number of pyridine rings is 1. The van der Waals surface area contributed by atoms with E-state index in [1.54, 1.807) is 24.3 Å². The fraction of sp³-hybridized carbons (Fsp3) is 0.0500. The monoisotopic (exact) mass is 485 g/mol. The van der Waals surface area contributed by atoms with Crippen LogP contribution < -0.4 is 10.6 Å². The van der Waals surface area contributed by atoms with Crippen molar-refractivity contribution in [1.82, 2.24) is 10.3 Å². The number of hydrogen-bond donors (Lipinski definition) is 2. The third kappa shape index (κ3) is 6.36. The number of nitrogens with zero attached hydrogens (tertiary/aromatic N) is 1. The van der Waals surface area contributed by atoms with Crippen LogP contribution >= 0.6 is 35.0 Å². The standard InChI is InChI=1S/C20H12Cl2F3N3O2S/c21-12-1-5-14(6-2-12)27-19(30)28-18(29)17-16(9-11(10-26-17)20(23,24)25)31-15-7-3-13(22)4-8-15/h1-10H,(H2,27,28,29,30). The van der Waals surface area contributed by atoms with Gasteiger partial charge in [-0.2, -0.15) is 13.2 Å². The Morgan fingerprint density at radius 2 is 1.52 bits per heavy atom. The van der Waals surface area contributed by atoms with E-state index < -0.39 is 23.7 Å². The predicted molar refractivity (Wildman–Crippen MR) is 113 cm³/mol. The first-order valence-corrected chi connectivity index (χ1v) is 10.1. The van der Waals surface area contributed by atoms with Gasteiger partial charge in [0.1, 0.15) is 5.69 Å². The van der Waals surface area contributed by atoms with E-state index in [1.165, 1.54) is 24.3 Å². The van der Waals surface area contributed by atoms with Crippen LogP contribution in [0.1, 0.15) is 16.1 Å². The number of hydrogen-bond acceptors (Lipinski definition) is 4. The molecule has 0 radical (unpaired) electrons. The molecule has 3 aromatic rings. The van der Waals surface area contributed by atoms with Gasteiger partial charge in [0.25, 0.3) is 5.91 Å². The molecule has 2 aromatic carbocycles. The second-order valence-corrected chi connectivity index (χ2v) is 8.03. The number of aromatic nitrogens is 1. The minimum Gasteiger partial charge on any atom is -0.308 e. The van der Waals surface area contributed by atoms with Crippen LogP contribution in [0.5, 0.6) is 0 Å². The van der Waals surface area contributed by atoms with Gasteiger partial charge < -0.3 is 5.32 Å². The molecule has 0 fully saturated rings. The number of carbonyl (C=O) groups excluding carboxylic acids is 2. The molecule has 0 atom stereocenters. The van der Waals surface area contributed by atoms with Crippen LogP contribution in [0.15, 0.2) is 70.6 Å². The summed E-state index contributed by atoms with van der Waals surface area (Å²) < 4.78 is 39.4. The summed E-state index contributed by atoms with van der Waals surface area (Å²) in [6.07, 6.45) is -4.11. The number of alkyl halides is 3. The Labute approximate surface area is 189 Å². The van der Waals surface area contributed by atoms with Gasteiger partial charge in [0, 0.05) is 31.7 Å². The third-order valence-electron chi connectivity index (χ3n) is 3.77. The van der Waals surface area contributed by atoms with E-state index in [0.29, 0.717) is 26.8 Å². The molecule has 1 aromatic heterocycles. The molecule has 0 unspecified atom stereocenters. The maximum atomic E-state index is 13.1. The number of amides is 3. The number of carbonyl (C=O) groups is 2. The van der Waals surface area contributed by atoms with Gasteiger partial charge in [-0.3, -0.25) is 10.1 Å². The summed E-state index contributed by atoms with van der Waals surface area (Å²) in [5.74, 6) is -0.961. The second kappa shape index (κ2) is 9.59. The molecule has 0 aliphatic rings. The number of halogens is 5. The van der Waals surface area contributed by atoms with Crippen molar-refractivity contribution in [1.29, 1.82) is 0 Å². The highest BCUT2D eigenvalue weighted by Crippen LogP contribution is 2.36. The minimum absolute atomic E-state index is 0.0751. The lowest BCUT2D eigenvalue weighted by molar-refractivity contribution is -0.138. The molecule has 2 N–H and O–H groups in total. The lowest BCUT2D eigenvalue weighted by Crippen LogP contribution is -2.35. The van der Waals surface area contributed by atoms with Gasteiger partial charge >= 0.3 is 12.2 Å². The first-order valence-electron chi connectivity index (χ1n) is 8.50. The quantitative estimate of drug-likeness (QED) is 0.441. The highest BCUT2D eigenvalue weighted by molar-refractivity contribution is 7.99. The van der Waals surface area contributed by atoms with Crippen molar-refractivity contribution in [3.8, 4) is 0 Å². The smallest absolute Gasteiger partial charge is 0.308 e. The van der Waals surface area contributed by atoms with Gasteiger partial charge in [-0.05, 0) is 54.6 Å². The van der Waals surface area contributed by atoms with Crippen molar-refractivity contribution in [2.24, 2.45) is 0 Å². The average molecular weight is 486 g/mol. The minimum atomic E-state index is -4.65. The fourth-order valence-electron chi connectivity index (χ4n) is 2.34. The molecule has 3 amide bonds. The molecule has 160 valence electrons. The van der Waals surface area contributed by atoms with Gasteiger partial charge in [-0.1, -0.05) is 35.0 Å². The van der Waals surface area contributed by atoms with E-state index in [2.05, 4.69) is 15.6 Å². The van der Waals surface area contributed by atoms with Crippen LogP contribution in [0.3, 0.4) is 0 Å². The second-order valence-electron chi connectivity index (χ2n) is 6.04. The first-order chi connectivity index (χ1) is 14.6. The zero-order valence-electron chi connectivity index (χ0n) is 15.3. The van der Waals surface area contributed by atoms with Crippen molar-refractivity contribution in [3.05, 3.63) is 82.1 Å². The average Bonchev–Trinajstić information content (AvgIpc) is 2.70. The molecule has 0 bridgehead atoms. The number of nitrogens with one attached hydrogen (secondary N) is 2. The maximum absolute atomic E-state index is 13.1. The summed E-state index contributed by atoms with van der Waals surface area (Å²) in [5.41, 5.74) is -0.990. The van der Waals surface area contributed by atoms with Crippen LogP contribution in [-0.4, -0.2) is 16.9 Å². The SMILES string of the molecule is O=C(NC(=O)c1ncc(C(F)(F)F)cc1Sc1ccc(Cl)cc1)Nc1ccc(Cl)cc1. The molecular formula is C20H12Cl2F3N3O2S. The largest absolute Gasteiger partial charge is 0.417 e. The van der Waals surface area contributed by atoms with E-state index in [0.717, 1.165) is 17.8 Å². The molecule has 3 rings (SSSR count). The van der Waals surface area contributed by atoms with E-state index in [9.17, 15) is 22.8 Å². The molecule has 0 saturated heterocycles. The van der Waals surface area contributed by atoms with Crippen molar-refractivity contribution in [3.63, 3.8) is 0 Å². The van der Waals surface area contributed by atoms with Gasteiger partial charge in [0.05, 0.1) is 5.56 Å². The maximum Gasteiger partial charge on any atom is 0.417 e. The summed E-state index contributed by atoms with van der Waals surface area (Å²) in [5, 5.41) is 5.38. The number of anilines is 1. The molecular weight excluding hydrogens is 474 g/mol. The van der Waals surface area contributed by atoms with E-state index in [1.807, 2.05) is 0 Å². The van der Waals surface area contributed by atoms with E-state index in [4.69, 9.17) is 23.2 Å². The lowest BCUT2D eigenvalue weighted by atomic mass is 10.2. The Morgan fingerprint density at radius 3 is 2.10 bits per heavy atom. The topological polar surface area (TPSA) is 71.1 Å². The Bertz CT molecular complexity index is 1110. The zero-order valence-corrected chi connectivity index (χ0v) is 17.7. The lowest BCUT2D eigenvalue weighted by Gasteiger charge is -2.13. The van der Waals surface area contributed by atoms with Gasteiger partial charge in [-0.25, -0.2) is 9.78 Å². The molecule has 0 aliphatic carbocycles. The molecule has 0 saturated carbocycles. The Morgan fingerprint density at radius 1 is 0.935 bits per heavy atom. The predicted octanol–water partition coefficient (Wildman–Crippen LogP) is 6.52. The highest BCUT2D eigenvalue weighted by Gasteiger charge is 2.32. The molecule has 0 aliphatic heterocycles. The Hall–Kier alpha value is -2.75. The van der Waals surface area contributed by atoms with Crippen LogP contribution in [0.25, 0.3) is 0 Å². The number of rotatable bonds is 4. The van der Waals surface area contributed by atoms with Gasteiger partial charge in [0.2, 0.25) is 0 Å². The van der Waals surface area contributed by atoms with Crippen molar-refractivity contribution >= 4 is 52.6 Å². The Kier molecular flexibility index (Phi) is 7.09. The fourth-order valence-corrected chi connectivity index (χ4v) is 3.54. The van der Waals surface area contributed by atoms with Crippen molar-refractivity contribution in [2.45, 2.75) is 16.0 Å². The van der Waals surface area contributed by atoms with E-state index in [-0.39, 0.29) is 10.6 Å². The molecule has 31 heavy (non-hydrogen) atoms. The van der Waals surface area contributed by atoms with Crippen LogP contribution in [-0.2, 0) is 6.18 Å². The summed E-state index contributed by atoms with van der Waals surface area (Å²) in [6.45, 7) is 0. The number of benzene rings is 2. The van der Waals surface area contributed by atoms with Crippen molar-refractivity contribution < 1.29 is 22.8 Å². The summed E-state index contributed by atoms with van der Waals surface area (Å²) in [7, 11) is 0. The third-order valence-corrected chi connectivity index (χ3v) is 5.31. The first kappa shape index (κ1) is 22.9. The summed E-state index contributed by atoms with van der Waals surface area (Å²) >= 11 is 12.5. The summed E-state index contributed by atoms with van der Waals surface area (Å²) in [4.78, 5) is 28.8. The number of urea groups is 1. The Balaban J connectivity index is 1.83. The molecule has 5 nitrogen and oxygen atoms in total. The van der Waals surface area contributed by atoms with Gasteiger partial charge in [0.15, 0.2) is 0 Å². The van der Waals surface area contributed by atoms with Crippen LogP contribution in [0.2, 0.25) is 10.0 Å². The molecule has 0 spiro atoms. The molecule has 11 heteroatoms. The van der Waals surface area contributed by atoms with Gasteiger partial charge in [-0.15, -0.1) is 0 Å². The van der Waals surface area contributed by atoms with Crippen molar-refractivity contribution in [2.75, 3.05) is 5.32 Å². The van der Waals surface area contributed by atoms with Crippen LogP contribution in [0, 0.1) is 0 Å². The van der Waals surface area contributed by atoms with Crippen LogP contribution in [0.4, 0.5) is 23.7 Å². The zero-order chi connectivity index (χ0) is 22.6. The summed E-state index contributed by atoms with van der Waals surface area (Å²) in [6, 6.07) is 12.3. The molecule has 1 heterocycles. The normalized spacial score (nSPS) is 11.1. The highest BCUT2D eigenvalue weighted by atomic mass is 35.5.